The number of rotatable bonds is 9. The van der Waals surface area contributed by atoms with Crippen LogP contribution in [0, 0.1) is 12.3 Å². The minimum atomic E-state index is 0.278. The summed E-state index contributed by atoms with van der Waals surface area (Å²) < 4.78 is 5.66. The molecule has 0 amide bonds. The smallest absolute Gasteiger partial charge is 0.0797 e. The summed E-state index contributed by atoms with van der Waals surface area (Å²) in [5, 5.41) is 0. The fraction of sp³-hybridized carbons (Fsp3) is 0.786. The molecule has 0 fully saturated rings. The molecule has 0 bridgehead atoms. The molecule has 0 saturated heterocycles. The van der Waals surface area contributed by atoms with Crippen molar-refractivity contribution in [2.24, 2.45) is 11.1 Å². The molecule has 0 spiro atoms. The summed E-state index contributed by atoms with van der Waals surface area (Å²) >= 11 is 1.72. The molecule has 104 valence electrons. The number of unbranched alkanes of at least 4 members (excludes halogenated alkanes) is 1. The van der Waals surface area contributed by atoms with Crippen molar-refractivity contribution in [3.63, 3.8) is 0 Å². The van der Waals surface area contributed by atoms with Gasteiger partial charge in [-0.2, -0.15) is 0 Å². The minimum absolute atomic E-state index is 0.278. The lowest BCUT2D eigenvalue weighted by molar-refractivity contribution is 0.130. The van der Waals surface area contributed by atoms with Gasteiger partial charge in [-0.05, 0) is 31.7 Å². The summed E-state index contributed by atoms with van der Waals surface area (Å²) in [4.78, 5) is 5.58. The van der Waals surface area contributed by atoms with Crippen LogP contribution < -0.4 is 5.73 Å². The molecule has 2 N–H and O–H groups in total. The Labute approximate surface area is 115 Å². The first-order valence-electron chi connectivity index (χ1n) is 6.72. The van der Waals surface area contributed by atoms with Crippen molar-refractivity contribution in [1.82, 2.24) is 4.98 Å². The number of ether oxygens (including phenoxy) is 1. The summed E-state index contributed by atoms with van der Waals surface area (Å²) in [6, 6.07) is 0. The molecule has 0 saturated carbocycles. The molecule has 3 nitrogen and oxygen atoms in total. The third kappa shape index (κ3) is 5.94. The number of nitrogens with two attached hydrogens (primary N) is 1. The molecule has 0 radical (unpaired) electrons. The molecule has 0 aromatic carbocycles. The zero-order valence-corrected chi connectivity index (χ0v) is 12.7. The summed E-state index contributed by atoms with van der Waals surface area (Å²) in [5.41, 5.74) is 9.03. The molecule has 0 aliphatic rings. The van der Waals surface area contributed by atoms with Gasteiger partial charge in [-0.1, -0.05) is 20.3 Å². The zero-order valence-electron chi connectivity index (χ0n) is 11.9. The third-order valence-electron chi connectivity index (χ3n) is 3.26. The molecule has 1 aromatic rings. The maximum absolute atomic E-state index is 5.70. The molecule has 1 heterocycles. The van der Waals surface area contributed by atoms with Crippen LogP contribution in [0.3, 0.4) is 0 Å². The number of aromatic nitrogens is 1. The fourth-order valence-electron chi connectivity index (χ4n) is 1.74. The number of nitrogens with zero attached hydrogens (tertiary/aromatic N) is 1. The van der Waals surface area contributed by atoms with Crippen LogP contribution in [0.5, 0.6) is 0 Å². The maximum atomic E-state index is 5.70. The Morgan fingerprint density at radius 2 is 2.11 bits per heavy atom. The number of hydrogen-bond acceptors (Lipinski definition) is 4. The second-order valence-corrected chi connectivity index (χ2v) is 6.49. The normalized spacial score (nSPS) is 12.0. The van der Waals surface area contributed by atoms with Gasteiger partial charge in [-0.25, -0.2) is 4.98 Å². The van der Waals surface area contributed by atoms with Crippen LogP contribution >= 0.6 is 11.3 Å². The molecule has 0 aliphatic heterocycles. The van der Waals surface area contributed by atoms with Gasteiger partial charge in [0.2, 0.25) is 0 Å². The molecule has 1 aromatic heterocycles. The van der Waals surface area contributed by atoms with Crippen molar-refractivity contribution in [3.8, 4) is 0 Å². The first-order chi connectivity index (χ1) is 8.55. The lowest BCUT2D eigenvalue weighted by atomic mass is 9.87. The maximum Gasteiger partial charge on any atom is 0.0797 e. The van der Waals surface area contributed by atoms with Crippen LogP contribution in [-0.4, -0.2) is 24.7 Å². The van der Waals surface area contributed by atoms with Gasteiger partial charge in [0.1, 0.15) is 0 Å². The van der Waals surface area contributed by atoms with Crippen LogP contribution in [0.15, 0.2) is 5.51 Å². The highest BCUT2D eigenvalue weighted by Crippen LogP contribution is 2.21. The average molecular weight is 270 g/mol. The van der Waals surface area contributed by atoms with Crippen LogP contribution in [-0.2, 0) is 11.2 Å². The molecule has 4 heteroatoms. The van der Waals surface area contributed by atoms with Crippen LogP contribution in [0.1, 0.15) is 43.7 Å². The Morgan fingerprint density at radius 3 is 2.72 bits per heavy atom. The van der Waals surface area contributed by atoms with E-state index in [0.29, 0.717) is 0 Å². The second kappa shape index (κ2) is 7.87. The van der Waals surface area contributed by atoms with E-state index < -0.39 is 0 Å². The Kier molecular flexibility index (Phi) is 6.82. The van der Waals surface area contributed by atoms with Crippen molar-refractivity contribution < 1.29 is 4.74 Å². The first kappa shape index (κ1) is 15.6. The van der Waals surface area contributed by atoms with E-state index in [1.54, 1.807) is 11.3 Å². The van der Waals surface area contributed by atoms with Gasteiger partial charge in [0.15, 0.2) is 0 Å². The molecule has 0 atom stereocenters. The molecule has 0 aliphatic carbocycles. The predicted molar refractivity (Wildman–Crippen MR) is 78.1 cm³/mol. The Balaban J connectivity index is 1.98. The zero-order chi connectivity index (χ0) is 13.4. The van der Waals surface area contributed by atoms with Crippen LogP contribution in [0.25, 0.3) is 0 Å². The average Bonchev–Trinajstić information content (AvgIpc) is 2.74. The van der Waals surface area contributed by atoms with Crippen LogP contribution in [0.4, 0.5) is 0 Å². The predicted octanol–water partition coefficient (Wildman–Crippen LogP) is 3.17. The van der Waals surface area contributed by atoms with Gasteiger partial charge in [0.05, 0.1) is 17.8 Å². The summed E-state index contributed by atoms with van der Waals surface area (Å²) in [6.45, 7) is 8.93. The first-order valence-corrected chi connectivity index (χ1v) is 7.60. The highest BCUT2D eigenvalue weighted by Gasteiger charge is 2.14. The molecule has 1 rings (SSSR count). The second-order valence-electron chi connectivity index (χ2n) is 5.55. The quantitative estimate of drug-likeness (QED) is 0.701. The standard InChI is InChI=1S/C14H26N2OS/c1-12-13(18-11-16-12)6-9-17-8-5-4-7-14(2,3)10-15/h11H,4-10,15H2,1-3H3. The van der Waals surface area contributed by atoms with Crippen molar-refractivity contribution in [3.05, 3.63) is 16.1 Å². The van der Waals surface area contributed by atoms with Crippen molar-refractivity contribution >= 4 is 11.3 Å². The van der Waals surface area contributed by atoms with Crippen molar-refractivity contribution in [2.75, 3.05) is 19.8 Å². The molecular formula is C14H26N2OS. The van der Waals surface area contributed by atoms with E-state index in [1.807, 2.05) is 5.51 Å². The lowest BCUT2D eigenvalue weighted by Crippen LogP contribution is -2.23. The van der Waals surface area contributed by atoms with E-state index in [0.717, 1.165) is 38.3 Å². The van der Waals surface area contributed by atoms with E-state index in [-0.39, 0.29) is 5.41 Å². The van der Waals surface area contributed by atoms with Crippen molar-refractivity contribution in [2.45, 2.75) is 46.5 Å². The highest BCUT2D eigenvalue weighted by atomic mass is 32.1. The largest absolute Gasteiger partial charge is 0.381 e. The van der Waals surface area contributed by atoms with Crippen LogP contribution in [0.2, 0.25) is 0 Å². The van der Waals surface area contributed by atoms with Gasteiger partial charge in [-0.3, -0.25) is 0 Å². The lowest BCUT2D eigenvalue weighted by Gasteiger charge is -2.21. The Morgan fingerprint density at radius 1 is 1.33 bits per heavy atom. The number of hydrogen-bond donors (Lipinski definition) is 1. The topological polar surface area (TPSA) is 48.1 Å². The minimum Gasteiger partial charge on any atom is -0.381 e. The van der Waals surface area contributed by atoms with E-state index >= 15 is 0 Å². The van der Waals surface area contributed by atoms with E-state index in [4.69, 9.17) is 10.5 Å². The monoisotopic (exact) mass is 270 g/mol. The Bertz CT molecular complexity index is 336. The fourth-order valence-corrected chi connectivity index (χ4v) is 2.51. The molecule has 0 unspecified atom stereocenters. The van der Waals surface area contributed by atoms with Gasteiger partial charge in [-0.15, -0.1) is 11.3 Å². The van der Waals surface area contributed by atoms with Crippen molar-refractivity contribution in [1.29, 1.82) is 0 Å². The molecule has 18 heavy (non-hydrogen) atoms. The van der Waals surface area contributed by atoms with E-state index in [1.165, 1.54) is 17.7 Å². The van der Waals surface area contributed by atoms with E-state index in [9.17, 15) is 0 Å². The Hall–Kier alpha value is -0.450. The number of aryl methyl sites for hydroxylation is 1. The summed E-state index contributed by atoms with van der Waals surface area (Å²) in [6.07, 6.45) is 4.50. The third-order valence-corrected chi connectivity index (χ3v) is 4.26. The van der Waals surface area contributed by atoms with E-state index in [2.05, 4.69) is 25.8 Å². The van der Waals surface area contributed by atoms with Gasteiger partial charge in [0.25, 0.3) is 0 Å². The summed E-state index contributed by atoms with van der Waals surface area (Å²) in [5.74, 6) is 0. The SMILES string of the molecule is Cc1ncsc1CCOCCCCC(C)(C)CN. The van der Waals surface area contributed by atoms with Gasteiger partial charge >= 0.3 is 0 Å². The van der Waals surface area contributed by atoms with Gasteiger partial charge < -0.3 is 10.5 Å². The summed E-state index contributed by atoms with van der Waals surface area (Å²) in [7, 11) is 0. The highest BCUT2D eigenvalue weighted by molar-refractivity contribution is 7.09. The van der Waals surface area contributed by atoms with Gasteiger partial charge in [0, 0.05) is 17.9 Å². The molecular weight excluding hydrogens is 244 g/mol. The number of thiazole rings is 1.